The average Bonchev–Trinajstić information content (AvgIpc) is 2.88. The molecule has 1 saturated heterocycles. The highest BCUT2D eigenvalue weighted by Gasteiger charge is 2.25. The van der Waals surface area contributed by atoms with E-state index in [4.69, 9.17) is 14.2 Å². The molecule has 0 aliphatic carbocycles. The van der Waals surface area contributed by atoms with Gasteiger partial charge in [0.25, 0.3) is 5.91 Å². The van der Waals surface area contributed by atoms with E-state index in [0.29, 0.717) is 41.9 Å². The molecule has 0 saturated carbocycles. The molecule has 2 heterocycles. The predicted octanol–water partition coefficient (Wildman–Crippen LogP) is 3.47. The number of methoxy groups -OCH3 is 2. The summed E-state index contributed by atoms with van der Waals surface area (Å²) in [5.41, 5.74) is 1.47. The summed E-state index contributed by atoms with van der Waals surface area (Å²) >= 11 is 0. The molecule has 1 atom stereocenters. The molecule has 1 aliphatic heterocycles. The molecule has 1 N–H and O–H groups in total. The lowest BCUT2D eigenvalue weighted by molar-refractivity contribution is 0.0932. The van der Waals surface area contributed by atoms with E-state index in [1.807, 2.05) is 30.3 Å². The number of benzene rings is 2. The predicted molar refractivity (Wildman–Crippen MR) is 125 cm³/mol. The maximum atomic E-state index is 13.1. The Hall–Kier alpha value is -3.81. The van der Waals surface area contributed by atoms with E-state index in [9.17, 15) is 4.79 Å². The molecule has 0 radical (unpaired) electrons. The second-order valence-electron chi connectivity index (χ2n) is 7.79. The first-order valence-corrected chi connectivity index (χ1v) is 10.9. The molecule has 2 aromatic carbocycles. The number of piperidine rings is 1. The molecule has 1 amide bonds. The van der Waals surface area contributed by atoms with Crippen molar-refractivity contribution in [3.8, 4) is 17.2 Å². The van der Waals surface area contributed by atoms with E-state index in [1.165, 1.54) is 0 Å². The van der Waals surface area contributed by atoms with Crippen LogP contribution in [0.1, 0.15) is 28.8 Å². The van der Waals surface area contributed by atoms with Crippen LogP contribution in [0, 0.1) is 0 Å². The fraction of sp³-hybridized carbons (Fsp3) is 0.320. The first kappa shape index (κ1) is 22.4. The Bertz CT molecular complexity index is 1040. The smallest absolute Gasteiger partial charge is 0.251 e. The van der Waals surface area contributed by atoms with Gasteiger partial charge in [-0.2, -0.15) is 0 Å². The Morgan fingerprint density at radius 2 is 1.76 bits per heavy atom. The van der Waals surface area contributed by atoms with Crippen LogP contribution in [0.4, 0.5) is 5.95 Å². The Labute approximate surface area is 193 Å². The third-order valence-electron chi connectivity index (χ3n) is 5.54. The van der Waals surface area contributed by atoms with Gasteiger partial charge < -0.3 is 24.4 Å². The molecular weight excluding hydrogens is 420 g/mol. The third kappa shape index (κ3) is 5.52. The van der Waals surface area contributed by atoms with Crippen LogP contribution < -0.4 is 24.4 Å². The van der Waals surface area contributed by atoms with Gasteiger partial charge in [0.05, 0.1) is 14.2 Å². The second-order valence-corrected chi connectivity index (χ2v) is 7.79. The largest absolute Gasteiger partial charge is 0.493 e. The first-order valence-electron chi connectivity index (χ1n) is 10.9. The number of nitrogens with one attached hydrogen (secondary N) is 1. The van der Waals surface area contributed by atoms with Gasteiger partial charge in [-0.05, 0) is 36.6 Å². The number of ether oxygens (including phenoxy) is 3. The lowest BCUT2D eigenvalue weighted by Gasteiger charge is -2.33. The lowest BCUT2D eigenvalue weighted by Crippen LogP contribution is -2.48. The maximum Gasteiger partial charge on any atom is 0.251 e. The first-order chi connectivity index (χ1) is 16.2. The normalized spacial score (nSPS) is 15.6. The molecule has 1 aliphatic rings. The zero-order chi connectivity index (χ0) is 23.0. The summed E-state index contributed by atoms with van der Waals surface area (Å²) < 4.78 is 17.0. The van der Waals surface area contributed by atoms with Crippen LogP contribution in [0.5, 0.6) is 17.2 Å². The molecule has 33 heavy (non-hydrogen) atoms. The Morgan fingerprint density at radius 3 is 2.42 bits per heavy atom. The fourth-order valence-corrected chi connectivity index (χ4v) is 3.88. The van der Waals surface area contributed by atoms with Gasteiger partial charge in [0, 0.05) is 37.1 Å². The summed E-state index contributed by atoms with van der Waals surface area (Å²) in [6.07, 6.45) is 5.29. The molecule has 0 spiro atoms. The second kappa shape index (κ2) is 10.7. The summed E-state index contributed by atoms with van der Waals surface area (Å²) in [5, 5.41) is 3.13. The zero-order valence-corrected chi connectivity index (χ0v) is 18.9. The highest BCUT2D eigenvalue weighted by atomic mass is 16.5. The summed E-state index contributed by atoms with van der Waals surface area (Å²) in [5.74, 6) is 1.84. The molecule has 4 rings (SSSR count). The van der Waals surface area contributed by atoms with E-state index in [-0.39, 0.29) is 11.9 Å². The van der Waals surface area contributed by atoms with Crippen LogP contribution in [0.15, 0.2) is 60.9 Å². The van der Waals surface area contributed by atoms with Crippen molar-refractivity contribution < 1.29 is 19.0 Å². The maximum absolute atomic E-state index is 13.1. The van der Waals surface area contributed by atoms with E-state index >= 15 is 0 Å². The number of hydrogen-bond acceptors (Lipinski definition) is 7. The van der Waals surface area contributed by atoms with Crippen LogP contribution in [-0.2, 0) is 6.61 Å². The molecule has 1 fully saturated rings. The van der Waals surface area contributed by atoms with Gasteiger partial charge in [-0.15, -0.1) is 0 Å². The molecular formula is C25H28N4O4. The van der Waals surface area contributed by atoms with Crippen molar-refractivity contribution in [2.24, 2.45) is 0 Å². The van der Waals surface area contributed by atoms with Crippen molar-refractivity contribution in [1.82, 2.24) is 15.3 Å². The highest BCUT2D eigenvalue weighted by Crippen LogP contribution is 2.39. The SMILES string of the molecule is COc1cc(C(=O)NC2CCCN(c3ncccn3)C2)cc(OC)c1OCc1ccccc1. The van der Waals surface area contributed by atoms with Crippen molar-refractivity contribution in [2.75, 3.05) is 32.2 Å². The quantitative estimate of drug-likeness (QED) is 0.565. The topological polar surface area (TPSA) is 85.8 Å². The summed E-state index contributed by atoms with van der Waals surface area (Å²) in [6.45, 7) is 1.88. The minimum Gasteiger partial charge on any atom is -0.493 e. The molecule has 8 nitrogen and oxygen atoms in total. The Morgan fingerprint density at radius 1 is 1.06 bits per heavy atom. The third-order valence-corrected chi connectivity index (χ3v) is 5.54. The zero-order valence-electron chi connectivity index (χ0n) is 18.9. The van der Waals surface area contributed by atoms with Gasteiger partial charge in [0.1, 0.15) is 6.61 Å². The van der Waals surface area contributed by atoms with E-state index in [0.717, 1.165) is 24.9 Å². The number of nitrogens with zero attached hydrogens (tertiary/aromatic N) is 3. The molecule has 1 unspecified atom stereocenters. The summed E-state index contributed by atoms with van der Waals surface area (Å²) in [6, 6.07) is 15.0. The van der Waals surface area contributed by atoms with Gasteiger partial charge in [0.2, 0.25) is 11.7 Å². The summed E-state index contributed by atoms with van der Waals surface area (Å²) in [4.78, 5) is 23.8. The van der Waals surface area contributed by atoms with Gasteiger partial charge in [-0.3, -0.25) is 4.79 Å². The Balaban J connectivity index is 1.47. The van der Waals surface area contributed by atoms with Crippen molar-refractivity contribution in [3.05, 3.63) is 72.1 Å². The molecule has 3 aromatic rings. The number of hydrogen-bond donors (Lipinski definition) is 1. The van der Waals surface area contributed by atoms with Crippen LogP contribution in [-0.4, -0.2) is 49.2 Å². The fourth-order valence-electron chi connectivity index (χ4n) is 3.88. The lowest BCUT2D eigenvalue weighted by atomic mass is 10.0. The van der Waals surface area contributed by atoms with Gasteiger partial charge in [-0.1, -0.05) is 30.3 Å². The molecule has 8 heteroatoms. The van der Waals surface area contributed by atoms with Crippen molar-refractivity contribution >= 4 is 11.9 Å². The van der Waals surface area contributed by atoms with Gasteiger partial charge in [-0.25, -0.2) is 9.97 Å². The number of carbonyl (C=O) groups is 1. The number of carbonyl (C=O) groups excluding carboxylic acids is 1. The molecule has 172 valence electrons. The number of aromatic nitrogens is 2. The van der Waals surface area contributed by atoms with Crippen molar-refractivity contribution in [1.29, 1.82) is 0 Å². The number of amides is 1. The Kier molecular flexibility index (Phi) is 7.24. The molecule has 0 bridgehead atoms. The highest BCUT2D eigenvalue weighted by molar-refractivity contribution is 5.95. The van der Waals surface area contributed by atoms with Crippen LogP contribution in [0.2, 0.25) is 0 Å². The monoisotopic (exact) mass is 448 g/mol. The van der Waals surface area contributed by atoms with Crippen molar-refractivity contribution in [2.45, 2.75) is 25.5 Å². The van der Waals surface area contributed by atoms with Gasteiger partial charge >= 0.3 is 0 Å². The van der Waals surface area contributed by atoms with E-state index in [1.54, 1.807) is 44.8 Å². The van der Waals surface area contributed by atoms with Crippen molar-refractivity contribution in [3.63, 3.8) is 0 Å². The van der Waals surface area contributed by atoms with E-state index in [2.05, 4.69) is 20.2 Å². The number of anilines is 1. The average molecular weight is 449 g/mol. The van der Waals surface area contributed by atoms with Crippen LogP contribution in [0.25, 0.3) is 0 Å². The summed E-state index contributed by atoms with van der Waals surface area (Å²) in [7, 11) is 3.09. The van der Waals surface area contributed by atoms with Gasteiger partial charge in [0.15, 0.2) is 11.5 Å². The standard InChI is InChI=1S/C25H28N4O4/c1-31-21-14-19(15-22(32-2)23(21)33-17-18-8-4-3-5-9-18)24(30)28-20-10-6-13-29(16-20)25-26-11-7-12-27-25/h3-5,7-9,11-12,14-15,20H,6,10,13,16-17H2,1-2H3,(H,28,30). The van der Waals surface area contributed by atoms with Crippen LogP contribution in [0.3, 0.4) is 0 Å². The van der Waals surface area contributed by atoms with E-state index < -0.39 is 0 Å². The van der Waals surface area contributed by atoms with Crippen LogP contribution >= 0.6 is 0 Å². The number of rotatable bonds is 8. The molecule has 1 aromatic heterocycles. The minimum atomic E-state index is -0.193. The minimum absolute atomic E-state index is 0.0129.